The summed E-state index contributed by atoms with van der Waals surface area (Å²) in [4.78, 5) is 13.2. The zero-order valence-corrected chi connectivity index (χ0v) is 14.2. The lowest BCUT2D eigenvalue weighted by Crippen LogP contribution is -2.45. The molecular weight excluding hydrogens is 302 g/mol. The molecule has 1 aliphatic heterocycles. The van der Waals surface area contributed by atoms with Crippen LogP contribution in [0.15, 0.2) is 35.1 Å². The lowest BCUT2D eigenvalue weighted by atomic mass is 9.94. The summed E-state index contributed by atoms with van der Waals surface area (Å²) in [6, 6.07) is 9.14. The fourth-order valence-corrected chi connectivity index (χ4v) is 3.52. The van der Waals surface area contributed by atoms with Crippen molar-refractivity contribution in [3.05, 3.63) is 47.4 Å². The minimum absolute atomic E-state index is 0.440. The summed E-state index contributed by atoms with van der Waals surface area (Å²) >= 11 is 0. The molecule has 2 aromatic heterocycles. The van der Waals surface area contributed by atoms with Gasteiger partial charge in [-0.3, -0.25) is 4.90 Å². The molecule has 0 saturated carbocycles. The van der Waals surface area contributed by atoms with Gasteiger partial charge in [0.2, 0.25) is 0 Å². The maximum absolute atomic E-state index is 5.26. The Bertz CT molecular complexity index is 875. The molecule has 6 nitrogen and oxygen atoms in total. The van der Waals surface area contributed by atoms with E-state index in [2.05, 4.69) is 63.3 Å². The first-order chi connectivity index (χ1) is 11.6. The third-order valence-electron chi connectivity index (χ3n) is 4.89. The number of nitrogens with zero attached hydrogens (tertiary/aromatic N) is 5. The molecule has 0 unspecified atom stereocenters. The normalized spacial score (nSPS) is 17.9. The van der Waals surface area contributed by atoms with Crippen LogP contribution in [0.3, 0.4) is 0 Å². The fraction of sp³-hybridized carbons (Fsp3) is 0.389. The Labute approximate surface area is 141 Å². The van der Waals surface area contributed by atoms with Crippen molar-refractivity contribution < 1.29 is 4.52 Å². The predicted molar refractivity (Wildman–Crippen MR) is 93.0 cm³/mol. The van der Waals surface area contributed by atoms with E-state index in [4.69, 9.17) is 4.52 Å². The number of aryl methyl sites for hydroxylation is 1. The van der Waals surface area contributed by atoms with Crippen LogP contribution in [-0.4, -0.2) is 46.7 Å². The van der Waals surface area contributed by atoms with E-state index in [1.54, 1.807) is 6.33 Å². The smallest absolute Gasteiger partial charge is 0.263 e. The van der Waals surface area contributed by atoms with Gasteiger partial charge in [-0.15, -0.1) is 0 Å². The second kappa shape index (κ2) is 5.87. The van der Waals surface area contributed by atoms with Gasteiger partial charge in [0, 0.05) is 26.2 Å². The molecular formula is C18H21N5O. The molecule has 0 saturated heterocycles. The Morgan fingerprint density at radius 1 is 1.25 bits per heavy atom. The monoisotopic (exact) mass is 323 g/mol. The number of fused-ring (bicyclic) bond motifs is 2. The van der Waals surface area contributed by atoms with Gasteiger partial charge in [-0.25, -0.2) is 4.98 Å². The van der Waals surface area contributed by atoms with Crippen molar-refractivity contribution in [3.8, 4) is 0 Å². The van der Waals surface area contributed by atoms with Crippen LogP contribution in [0.4, 0.5) is 5.82 Å². The zero-order valence-electron chi connectivity index (χ0n) is 14.2. The first kappa shape index (κ1) is 15.1. The van der Waals surface area contributed by atoms with Gasteiger partial charge in [0.25, 0.3) is 5.71 Å². The Kier molecular flexibility index (Phi) is 3.69. The predicted octanol–water partition coefficient (Wildman–Crippen LogP) is 2.42. The highest BCUT2D eigenvalue weighted by Gasteiger charge is 2.25. The molecule has 1 aliphatic rings. The second-order valence-corrected chi connectivity index (χ2v) is 6.57. The van der Waals surface area contributed by atoms with Gasteiger partial charge >= 0.3 is 0 Å². The van der Waals surface area contributed by atoms with Gasteiger partial charge in [0.15, 0.2) is 0 Å². The highest BCUT2D eigenvalue weighted by molar-refractivity contribution is 5.87. The van der Waals surface area contributed by atoms with E-state index in [9.17, 15) is 0 Å². The van der Waals surface area contributed by atoms with Gasteiger partial charge in [0.05, 0.1) is 5.69 Å². The molecule has 0 spiro atoms. The van der Waals surface area contributed by atoms with Crippen LogP contribution < -0.4 is 4.90 Å². The summed E-state index contributed by atoms with van der Waals surface area (Å²) < 4.78 is 5.26. The molecule has 0 bridgehead atoms. The summed E-state index contributed by atoms with van der Waals surface area (Å²) in [6.45, 7) is 3.80. The van der Waals surface area contributed by atoms with Crippen LogP contribution in [0.5, 0.6) is 0 Å². The van der Waals surface area contributed by atoms with E-state index in [1.807, 2.05) is 6.92 Å². The summed E-state index contributed by atoms with van der Waals surface area (Å²) in [7, 11) is 4.26. The topological polar surface area (TPSA) is 58.3 Å². The van der Waals surface area contributed by atoms with Crippen molar-refractivity contribution in [2.75, 3.05) is 25.5 Å². The first-order valence-electron chi connectivity index (χ1n) is 8.18. The minimum atomic E-state index is 0.440. The average molecular weight is 323 g/mol. The summed E-state index contributed by atoms with van der Waals surface area (Å²) in [6.07, 6.45) is 2.59. The standard InChI is InChI=1S/C18H21N5O/c1-12-16-17(19-11-20-18(16)24-21-12)23(3)10-15-8-13-6-4-5-7-14(13)9-22(15)2/h4-7,11,15H,8-10H2,1-3H3/t15-/m0/s1. The molecule has 3 heterocycles. The van der Waals surface area contributed by atoms with Crippen molar-refractivity contribution in [1.82, 2.24) is 20.0 Å². The van der Waals surface area contributed by atoms with Crippen LogP contribution in [0.1, 0.15) is 16.8 Å². The highest BCUT2D eigenvalue weighted by atomic mass is 16.5. The van der Waals surface area contributed by atoms with E-state index >= 15 is 0 Å². The van der Waals surface area contributed by atoms with Crippen LogP contribution in [0.25, 0.3) is 11.1 Å². The molecule has 0 amide bonds. The largest absolute Gasteiger partial charge is 0.357 e. The molecule has 1 aromatic carbocycles. The summed E-state index contributed by atoms with van der Waals surface area (Å²) in [5, 5.41) is 4.92. The van der Waals surface area contributed by atoms with Crippen molar-refractivity contribution in [3.63, 3.8) is 0 Å². The SMILES string of the molecule is Cc1noc2ncnc(N(C)C[C@@H]3Cc4ccccc4CN3C)c12. The third-order valence-corrected chi connectivity index (χ3v) is 4.89. The number of likely N-dealkylation sites (N-methyl/N-ethyl adjacent to an activating group) is 2. The fourth-order valence-electron chi connectivity index (χ4n) is 3.52. The molecule has 3 aromatic rings. The van der Waals surface area contributed by atoms with Crippen molar-refractivity contribution in [1.29, 1.82) is 0 Å². The highest BCUT2D eigenvalue weighted by Crippen LogP contribution is 2.27. The molecule has 24 heavy (non-hydrogen) atoms. The van der Waals surface area contributed by atoms with E-state index in [0.717, 1.165) is 36.4 Å². The Balaban J connectivity index is 1.60. The van der Waals surface area contributed by atoms with Crippen molar-refractivity contribution >= 4 is 16.9 Å². The Morgan fingerprint density at radius 3 is 2.88 bits per heavy atom. The van der Waals surface area contributed by atoms with Crippen LogP contribution in [0, 0.1) is 6.92 Å². The van der Waals surface area contributed by atoms with Gasteiger partial charge in [0.1, 0.15) is 17.5 Å². The number of anilines is 1. The Morgan fingerprint density at radius 2 is 2.04 bits per heavy atom. The molecule has 6 heteroatoms. The summed E-state index contributed by atoms with van der Waals surface area (Å²) in [5.74, 6) is 0.881. The van der Waals surface area contributed by atoms with Crippen LogP contribution in [0.2, 0.25) is 0 Å². The van der Waals surface area contributed by atoms with E-state index in [1.165, 1.54) is 11.1 Å². The van der Waals surface area contributed by atoms with Crippen LogP contribution in [-0.2, 0) is 13.0 Å². The first-order valence-corrected chi connectivity index (χ1v) is 8.18. The van der Waals surface area contributed by atoms with E-state index in [-0.39, 0.29) is 0 Å². The molecule has 1 atom stereocenters. The quantitative estimate of drug-likeness (QED) is 0.738. The number of hydrogen-bond donors (Lipinski definition) is 0. The van der Waals surface area contributed by atoms with Crippen molar-refractivity contribution in [2.24, 2.45) is 0 Å². The number of hydrogen-bond acceptors (Lipinski definition) is 6. The van der Waals surface area contributed by atoms with Crippen LogP contribution >= 0.6 is 0 Å². The van der Waals surface area contributed by atoms with Gasteiger partial charge in [-0.05, 0) is 31.5 Å². The molecule has 4 rings (SSSR count). The number of benzene rings is 1. The summed E-state index contributed by atoms with van der Waals surface area (Å²) in [5.41, 5.74) is 4.25. The minimum Gasteiger partial charge on any atom is -0.357 e. The zero-order chi connectivity index (χ0) is 16.7. The third kappa shape index (κ3) is 2.53. The molecule has 0 fully saturated rings. The molecule has 124 valence electrons. The number of rotatable bonds is 3. The van der Waals surface area contributed by atoms with E-state index < -0.39 is 0 Å². The maximum Gasteiger partial charge on any atom is 0.263 e. The average Bonchev–Trinajstić information content (AvgIpc) is 2.97. The number of aromatic nitrogens is 3. The van der Waals surface area contributed by atoms with Crippen molar-refractivity contribution in [2.45, 2.75) is 25.9 Å². The molecule has 0 aliphatic carbocycles. The lowest BCUT2D eigenvalue weighted by Gasteiger charge is -2.36. The second-order valence-electron chi connectivity index (χ2n) is 6.57. The van der Waals surface area contributed by atoms with Gasteiger partial charge in [-0.2, -0.15) is 4.98 Å². The lowest BCUT2D eigenvalue weighted by molar-refractivity contribution is 0.219. The maximum atomic E-state index is 5.26. The van der Waals surface area contributed by atoms with Gasteiger partial charge in [-0.1, -0.05) is 29.4 Å². The van der Waals surface area contributed by atoms with E-state index in [0.29, 0.717) is 11.8 Å². The Hall–Kier alpha value is -2.47. The van der Waals surface area contributed by atoms with Gasteiger partial charge < -0.3 is 9.42 Å². The molecule has 0 radical (unpaired) electrons. The molecule has 0 N–H and O–H groups in total.